The monoisotopic (exact) mass is 240 g/mol. The number of aryl methyl sites for hydroxylation is 3. The molecule has 1 aromatic heterocycles. The minimum Gasteiger partial charge on any atom is -0.289 e. The molecule has 2 aromatic rings. The highest BCUT2D eigenvalue weighted by molar-refractivity contribution is 7.13. The van der Waals surface area contributed by atoms with E-state index in [0.29, 0.717) is 16.6 Å². The van der Waals surface area contributed by atoms with Gasteiger partial charge >= 0.3 is 0 Å². The summed E-state index contributed by atoms with van der Waals surface area (Å²) in [6.45, 7) is 5.89. The molecular weight excluding hydrogens is 227 g/mol. The zero-order valence-electron chi connectivity index (χ0n) is 10.2. The van der Waals surface area contributed by atoms with Crippen molar-refractivity contribution >= 4 is 30.4 Å². The van der Waals surface area contributed by atoms with Crippen LogP contribution in [0, 0.1) is 20.8 Å². The van der Waals surface area contributed by atoms with Gasteiger partial charge in [0.05, 0.1) is 0 Å². The van der Waals surface area contributed by atoms with Crippen LogP contribution in [0.5, 0.6) is 0 Å². The van der Waals surface area contributed by atoms with Crippen LogP contribution in [0.4, 0.5) is 0 Å². The Morgan fingerprint density at radius 1 is 1.06 bits per heavy atom. The molecule has 0 bridgehead atoms. The topological polar surface area (TPSA) is 17.1 Å². The molecule has 2 radical (unpaired) electrons. The Bertz CT molecular complexity index is 567. The lowest BCUT2D eigenvalue weighted by Crippen LogP contribution is -2.16. The van der Waals surface area contributed by atoms with Crippen molar-refractivity contribution in [1.82, 2.24) is 0 Å². The van der Waals surface area contributed by atoms with E-state index in [9.17, 15) is 4.79 Å². The molecule has 0 unspecified atom stereocenters. The molecule has 1 heterocycles. The summed E-state index contributed by atoms with van der Waals surface area (Å²) in [7, 11) is 5.96. The highest BCUT2D eigenvalue weighted by Crippen LogP contribution is 2.20. The average molecular weight is 240 g/mol. The van der Waals surface area contributed by atoms with Gasteiger partial charge in [-0.25, -0.2) is 0 Å². The summed E-state index contributed by atoms with van der Waals surface area (Å²) in [6, 6.07) is 7.59. The normalized spacial score (nSPS) is 10.5. The highest BCUT2D eigenvalue weighted by atomic mass is 32.1. The van der Waals surface area contributed by atoms with Crippen molar-refractivity contribution in [3.05, 3.63) is 50.7 Å². The van der Waals surface area contributed by atoms with Crippen LogP contribution in [0.15, 0.2) is 24.3 Å². The second-order valence-corrected chi connectivity index (χ2v) is 5.63. The van der Waals surface area contributed by atoms with E-state index in [1.807, 2.05) is 45.0 Å². The fraction of sp³-hybridized carbons (Fsp3) is 0.214. The molecule has 0 saturated heterocycles. The lowest BCUT2D eigenvalue weighted by molar-refractivity contribution is 0.103. The Balaban J connectivity index is 2.47. The van der Waals surface area contributed by atoms with Crippen LogP contribution >= 0.6 is 11.3 Å². The van der Waals surface area contributed by atoms with Crippen molar-refractivity contribution < 1.29 is 4.79 Å². The van der Waals surface area contributed by atoms with Crippen LogP contribution in [0.25, 0.3) is 0 Å². The molecule has 0 spiro atoms. The smallest absolute Gasteiger partial charge is 0.193 e. The van der Waals surface area contributed by atoms with E-state index in [1.165, 1.54) is 0 Å². The molecule has 0 amide bonds. The first-order valence-corrected chi connectivity index (χ1v) is 6.29. The third-order valence-electron chi connectivity index (χ3n) is 2.85. The van der Waals surface area contributed by atoms with Crippen molar-refractivity contribution in [3.8, 4) is 0 Å². The first-order valence-electron chi connectivity index (χ1n) is 5.47. The van der Waals surface area contributed by atoms with Crippen LogP contribution in [0.2, 0.25) is 0 Å². The fourth-order valence-corrected chi connectivity index (χ4v) is 2.81. The molecule has 1 aromatic carbocycles. The standard InChI is InChI=1S/C14H13BOS/c1-8-4-6-11(7-5-8)14(16)12-9(2)17-10(3)13(12)15/h4-7H,1-3H3. The molecule has 0 aliphatic heterocycles. The number of thiophene rings is 1. The molecule has 0 fully saturated rings. The number of carbonyl (C=O) groups excluding carboxylic acids is 1. The Kier molecular flexibility index (Phi) is 3.21. The molecule has 3 heteroatoms. The van der Waals surface area contributed by atoms with Gasteiger partial charge in [-0.1, -0.05) is 35.3 Å². The van der Waals surface area contributed by atoms with E-state index in [-0.39, 0.29) is 5.78 Å². The predicted molar refractivity (Wildman–Crippen MR) is 73.8 cm³/mol. The number of ketones is 1. The van der Waals surface area contributed by atoms with Gasteiger partial charge in [0.1, 0.15) is 7.85 Å². The number of benzene rings is 1. The van der Waals surface area contributed by atoms with Gasteiger partial charge in [0.2, 0.25) is 0 Å². The van der Waals surface area contributed by atoms with Crippen LogP contribution in [0.1, 0.15) is 31.2 Å². The molecule has 17 heavy (non-hydrogen) atoms. The van der Waals surface area contributed by atoms with Crippen LogP contribution in [-0.4, -0.2) is 13.6 Å². The van der Waals surface area contributed by atoms with Crippen molar-refractivity contribution in [2.24, 2.45) is 0 Å². The van der Waals surface area contributed by atoms with Gasteiger partial charge in [0.15, 0.2) is 5.78 Å². The summed E-state index contributed by atoms with van der Waals surface area (Å²) < 4.78 is 0. The molecular formula is C14H13BOS. The minimum absolute atomic E-state index is 0.0179. The minimum atomic E-state index is 0.0179. The molecule has 0 aliphatic rings. The van der Waals surface area contributed by atoms with Gasteiger partial charge in [-0.15, -0.1) is 11.3 Å². The third-order valence-corrected chi connectivity index (χ3v) is 3.88. The summed E-state index contributed by atoms with van der Waals surface area (Å²) in [6.07, 6.45) is 0. The third kappa shape index (κ3) is 2.20. The van der Waals surface area contributed by atoms with E-state index in [0.717, 1.165) is 15.3 Å². The number of rotatable bonds is 2. The van der Waals surface area contributed by atoms with E-state index in [4.69, 9.17) is 7.85 Å². The second-order valence-electron chi connectivity index (χ2n) is 4.20. The Hall–Kier alpha value is -1.35. The molecule has 0 N–H and O–H groups in total. The first-order chi connectivity index (χ1) is 8.00. The van der Waals surface area contributed by atoms with Gasteiger partial charge in [-0.2, -0.15) is 0 Å². The van der Waals surface area contributed by atoms with Gasteiger partial charge in [0.25, 0.3) is 0 Å². The predicted octanol–water partition coefficient (Wildman–Crippen LogP) is 2.70. The van der Waals surface area contributed by atoms with Crippen molar-refractivity contribution in [2.75, 3.05) is 0 Å². The lowest BCUT2D eigenvalue weighted by atomic mass is 9.87. The maximum atomic E-state index is 12.3. The SMILES string of the molecule is [B]c1c(C)sc(C)c1C(=O)c1ccc(C)cc1. The van der Waals surface area contributed by atoms with Gasteiger partial charge in [-0.05, 0) is 25.6 Å². The van der Waals surface area contributed by atoms with Crippen LogP contribution in [0.3, 0.4) is 0 Å². The molecule has 0 atom stereocenters. The van der Waals surface area contributed by atoms with E-state index in [1.54, 1.807) is 11.3 Å². The first kappa shape index (κ1) is 12.1. The summed E-state index contributed by atoms with van der Waals surface area (Å²) in [5.74, 6) is 0.0179. The Morgan fingerprint density at radius 2 is 1.65 bits per heavy atom. The van der Waals surface area contributed by atoms with Gasteiger partial charge < -0.3 is 0 Å². The summed E-state index contributed by atoms with van der Waals surface area (Å²) in [5, 5.41) is 0. The quantitative estimate of drug-likeness (QED) is 0.582. The lowest BCUT2D eigenvalue weighted by Gasteiger charge is -2.03. The maximum Gasteiger partial charge on any atom is 0.193 e. The molecule has 0 saturated carbocycles. The van der Waals surface area contributed by atoms with E-state index in [2.05, 4.69) is 0 Å². The second kappa shape index (κ2) is 4.50. The molecule has 1 nitrogen and oxygen atoms in total. The number of hydrogen-bond donors (Lipinski definition) is 0. The largest absolute Gasteiger partial charge is 0.289 e. The van der Waals surface area contributed by atoms with Crippen molar-refractivity contribution in [1.29, 1.82) is 0 Å². The number of carbonyl (C=O) groups is 1. The Morgan fingerprint density at radius 3 is 2.12 bits per heavy atom. The fourth-order valence-electron chi connectivity index (χ4n) is 1.83. The van der Waals surface area contributed by atoms with E-state index >= 15 is 0 Å². The summed E-state index contributed by atoms with van der Waals surface area (Å²) in [4.78, 5) is 14.3. The van der Waals surface area contributed by atoms with Gasteiger partial charge in [0, 0.05) is 16.0 Å². The van der Waals surface area contributed by atoms with Crippen molar-refractivity contribution in [3.63, 3.8) is 0 Å². The number of hydrogen-bond acceptors (Lipinski definition) is 2. The van der Waals surface area contributed by atoms with Crippen LogP contribution < -0.4 is 5.46 Å². The molecule has 84 valence electrons. The molecule has 2 rings (SSSR count). The van der Waals surface area contributed by atoms with Gasteiger partial charge in [-0.3, -0.25) is 4.79 Å². The highest BCUT2D eigenvalue weighted by Gasteiger charge is 2.17. The van der Waals surface area contributed by atoms with Crippen molar-refractivity contribution in [2.45, 2.75) is 20.8 Å². The molecule has 0 aliphatic carbocycles. The zero-order chi connectivity index (χ0) is 12.6. The summed E-state index contributed by atoms with van der Waals surface area (Å²) >= 11 is 1.58. The average Bonchev–Trinajstić information content (AvgIpc) is 2.53. The summed E-state index contributed by atoms with van der Waals surface area (Å²) in [5.41, 5.74) is 3.13. The van der Waals surface area contributed by atoms with Crippen LogP contribution in [-0.2, 0) is 0 Å². The maximum absolute atomic E-state index is 12.3. The van der Waals surface area contributed by atoms with E-state index < -0.39 is 0 Å². The zero-order valence-corrected chi connectivity index (χ0v) is 11.0. The Labute approximate surface area is 107 Å².